The highest BCUT2D eigenvalue weighted by Gasteiger charge is 2.10. The van der Waals surface area contributed by atoms with Crippen LogP contribution in [0.25, 0.3) is 0 Å². The standard InChI is InChI=1S/C23H18FN5O2/c24-17-10-6-15(7-11-17)21(30)16-8-12-19(13-9-16)31-14-20-27-22(25)29-23(28-20)26-18-4-2-1-3-5-18/h1-13H,14H2,(H3,25,26,27,28,29). The minimum Gasteiger partial charge on any atom is -0.486 e. The molecule has 31 heavy (non-hydrogen) atoms. The van der Waals surface area contributed by atoms with Gasteiger partial charge in [0.15, 0.2) is 11.6 Å². The molecule has 0 unspecified atom stereocenters. The molecule has 3 N–H and O–H groups in total. The molecule has 0 aliphatic carbocycles. The highest BCUT2D eigenvalue weighted by molar-refractivity contribution is 6.08. The number of hydrogen-bond donors (Lipinski definition) is 2. The van der Waals surface area contributed by atoms with Crippen LogP contribution in [0.4, 0.5) is 22.0 Å². The van der Waals surface area contributed by atoms with Gasteiger partial charge in [-0.15, -0.1) is 0 Å². The van der Waals surface area contributed by atoms with Crippen molar-refractivity contribution in [2.24, 2.45) is 0 Å². The second-order valence-corrected chi connectivity index (χ2v) is 6.57. The SMILES string of the molecule is Nc1nc(COc2ccc(C(=O)c3ccc(F)cc3)cc2)nc(Nc2ccccc2)n1. The topological polar surface area (TPSA) is 103 Å². The van der Waals surface area contributed by atoms with Crippen molar-refractivity contribution >= 4 is 23.4 Å². The summed E-state index contributed by atoms with van der Waals surface area (Å²) >= 11 is 0. The van der Waals surface area contributed by atoms with Crippen molar-refractivity contribution in [1.29, 1.82) is 0 Å². The van der Waals surface area contributed by atoms with E-state index in [4.69, 9.17) is 10.5 Å². The number of ketones is 1. The van der Waals surface area contributed by atoms with E-state index in [9.17, 15) is 9.18 Å². The molecule has 4 rings (SSSR count). The van der Waals surface area contributed by atoms with E-state index in [1.165, 1.54) is 24.3 Å². The molecule has 0 saturated carbocycles. The number of nitrogens with zero attached hydrogens (tertiary/aromatic N) is 3. The number of anilines is 3. The molecule has 0 bridgehead atoms. The van der Waals surface area contributed by atoms with Crippen LogP contribution in [0, 0.1) is 5.82 Å². The molecule has 1 heterocycles. The van der Waals surface area contributed by atoms with Crippen molar-refractivity contribution in [2.45, 2.75) is 6.61 Å². The Morgan fingerprint density at radius 2 is 1.52 bits per heavy atom. The molecule has 0 aliphatic rings. The van der Waals surface area contributed by atoms with Gasteiger partial charge in [-0.1, -0.05) is 18.2 Å². The van der Waals surface area contributed by atoms with Gasteiger partial charge in [0.25, 0.3) is 0 Å². The molecular weight excluding hydrogens is 397 g/mol. The summed E-state index contributed by atoms with van der Waals surface area (Å²) in [6, 6.07) is 21.5. The molecule has 0 atom stereocenters. The maximum absolute atomic E-state index is 13.0. The fourth-order valence-electron chi connectivity index (χ4n) is 2.83. The Morgan fingerprint density at radius 3 is 2.19 bits per heavy atom. The lowest BCUT2D eigenvalue weighted by atomic mass is 10.0. The van der Waals surface area contributed by atoms with E-state index < -0.39 is 0 Å². The van der Waals surface area contributed by atoms with Gasteiger partial charge in [-0.2, -0.15) is 15.0 Å². The quantitative estimate of drug-likeness (QED) is 0.437. The van der Waals surface area contributed by atoms with E-state index in [0.717, 1.165) is 5.69 Å². The zero-order valence-electron chi connectivity index (χ0n) is 16.3. The van der Waals surface area contributed by atoms with Gasteiger partial charge in [0, 0.05) is 16.8 Å². The third-order valence-electron chi connectivity index (χ3n) is 4.32. The van der Waals surface area contributed by atoms with Crippen molar-refractivity contribution in [3.63, 3.8) is 0 Å². The monoisotopic (exact) mass is 415 g/mol. The largest absolute Gasteiger partial charge is 0.486 e. The number of nitrogens with one attached hydrogen (secondary N) is 1. The predicted octanol–water partition coefficient (Wildman–Crippen LogP) is 4.15. The molecule has 8 heteroatoms. The fourth-order valence-corrected chi connectivity index (χ4v) is 2.83. The summed E-state index contributed by atoms with van der Waals surface area (Å²) in [6.45, 7) is 0.0709. The second-order valence-electron chi connectivity index (χ2n) is 6.57. The number of ether oxygens (including phenoxy) is 1. The molecule has 0 radical (unpaired) electrons. The lowest BCUT2D eigenvalue weighted by molar-refractivity contribution is 0.103. The van der Waals surface area contributed by atoms with Gasteiger partial charge in [-0.25, -0.2) is 4.39 Å². The van der Waals surface area contributed by atoms with Crippen LogP contribution in [-0.2, 0) is 6.61 Å². The number of benzene rings is 3. The first-order valence-electron chi connectivity index (χ1n) is 9.42. The Balaban J connectivity index is 1.41. The normalized spacial score (nSPS) is 10.5. The van der Waals surface area contributed by atoms with Gasteiger partial charge in [0.1, 0.15) is 18.2 Å². The maximum atomic E-state index is 13.0. The zero-order chi connectivity index (χ0) is 21.6. The van der Waals surface area contributed by atoms with E-state index in [2.05, 4.69) is 20.3 Å². The van der Waals surface area contributed by atoms with Gasteiger partial charge < -0.3 is 15.8 Å². The molecule has 0 aliphatic heterocycles. The average Bonchev–Trinajstić information content (AvgIpc) is 2.78. The van der Waals surface area contributed by atoms with E-state index in [1.54, 1.807) is 24.3 Å². The summed E-state index contributed by atoms with van der Waals surface area (Å²) < 4.78 is 18.7. The van der Waals surface area contributed by atoms with Crippen LogP contribution in [0.2, 0.25) is 0 Å². The number of para-hydroxylation sites is 1. The molecule has 1 aromatic heterocycles. The summed E-state index contributed by atoms with van der Waals surface area (Å²) in [5, 5.41) is 3.06. The number of carbonyl (C=O) groups is 1. The summed E-state index contributed by atoms with van der Waals surface area (Å²) in [5.74, 6) is 0.698. The van der Waals surface area contributed by atoms with E-state index >= 15 is 0 Å². The first-order valence-corrected chi connectivity index (χ1v) is 9.42. The minimum absolute atomic E-state index is 0.0709. The van der Waals surface area contributed by atoms with Crippen LogP contribution < -0.4 is 15.8 Å². The van der Waals surface area contributed by atoms with Crippen LogP contribution in [0.1, 0.15) is 21.7 Å². The molecule has 7 nitrogen and oxygen atoms in total. The van der Waals surface area contributed by atoms with Crippen molar-refractivity contribution < 1.29 is 13.9 Å². The molecule has 4 aromatic rings. The second kappa shape index (κ2) is 9.00. The molecule has 0 saturated heterocycles. The van der Waals surface area contributed by atoms with Crippen molar-refractivity contribution in [1.82, 2.24) is 15.0 Å². The number of nitrogens with two attached hydrogens (primary N) is 1. The molecular formula is C23H18FN5O2. The van der Waals surface area contributed by atoms with Gasteiger partial charge in [0.2, 0.25) is 11.9 Å². The molecule has 0 amide bonds. The lowest BCUT2D eigenvalue weighted by Crippen LogP contribution is -2.09. The Kier molecular flexibility index (Phi) is 5.79. The first-order chi connectivity index (χ1) is 15.1. The highest BCUT2D eigenvalue weighted by Crippen LogP contribution is 2.18. The summed E-state index contributed by atoms with van der Waals surface area (Å²) in [5.41, 5.74) is 7.48. The average molecular weight is 415 g/mol. The highest BCUT2D eigenvalue weighted by atomic mass is 19.1. The lowest BCUT2D eigenvalue weighted by Gasteiger charge is -2.09. The predicted molar refractivity (Wildman–Crippen MR) is 115 cm³/mol. The van der Waals surface area contributed by atoms with Crippen LogP contribution in [0.5, 0.6) is 5.75 Å². The number of hydrogen-bond acceptors (Lipinski definition) is 7. The van der Waals surface area contributed by atoms with Gasteiger partial charge in [-0.05, 0) is 60.7 Å². The Bertz CT molecular complexity index is 1180. The van der Waals surface area contributed by atoms with Crippen molar-refractivity contribution in [3.8, 4) is 5.75 Å². The number of rotatable bonds is 7. The number of carbonyl (C=O) groups excluding carboxylic acids is 1. The van der Waals surface area contributed by atoms with Crippen LogP contribution in [0.15, 0.2) is 78.9 Å². The fraction of sp³-hybridized carbons (Fsp3) is 0.0435. The van der Waals surface area contributed by atoms with Crippen molar-refractivity contribution in [2.75, 3.05) is 11.1 Å². The number of aromatic nitrogens is 3. The van der Waals surface area contributed by atoms with E-state index in [1.807, 2.05) is 30.3 Å². The third-order valence-corrected chi connectivity index (χ3v) is 4.32. The van der Waals surface area contributed by atoms with Crippen LogP contribution >= 0.6 is 0 Å². The summed E-state index contributed by atoms with van der Waals surface area (Å²) in [4.78, 5) is 24.9. The minimum atomic E-state index is -0.388. The van der Waals surface area contributed by atoms with Crippen LogP contribution in [-0.4, -0.2) is 20.7 Å². The molecule has 0 spiro atoms. The molecule has 154 valence electrons. The van der Waals surface area contributed by atoms with E-state index in [-0.39, 0.29) is 24.2 Å². The van der Waals surface area contributed by atoms with E-state index in [0.29, 0.717) is 28.6 Å². The Hall–Kier alpha value is -4.33. The summed E-state index contributed by atoms with van der Waals surface area (Å²) in [7, 11) is 0. The van der Waals surface area contributed by atoms with Crippen LogP contribution in [0.3, 0.4) is 0 Å². The molecule has 0 fully saturated rings. The van der Waals surface area contributed by atoms with Gasteiger partial charge in [-0.3, -0.25) is 4.79 Å². The zero-order valence-corrected chi connectivity index (χ0v) is 16.3. The maximum Gasteiger partial charge on any atom is 0.232 e. The number of halogens is 1. The smallest absolute Gasteiger partial charge is 0.232 e. The number of nitrogen functional groups attached to an aromatic ring is 1. The van der Waals surface area contributed by atoms with Crippen molar-refractivity contribution in [3.05, 3.63) is 102 Å². The Morgan fingerprint density at radius 1 is 0.871 bits per heavy atom. The third kappa shape index (κ3) is 5.18. The molecule has 3 aromatic carbocycles. The van der Waals surface area contributed by atoms with Gasteiger partial charge in [0.05, 0.1) is 0 Å². The Labute approximate surface area is 177 Å². The first kappa shape index (κ1) is 20.0. The summed E-state index contributed by atoms with van der Waals surface area (Å²) in [6.07, 6.45) is 0. The van der Waals surface area contributed by atoms with Gasteiger partial charge >= 0.3 is 0 Å².